The fraction of sp³-hybridized carbons (Fsp3) is 0.455. The van der Waals surface area contributed by atoms with Gasteiger partial charge in [0.25, 0.3) is 5.69 Å². The van der Waals surface area contributed by atoms with Crippen LogP contribution >= 0.6 is 11.8 Å². The minimum absolute atomic E-state index is 0.0313. The second kappa shape index (κ2) is 6.36. The Labute approximate surface area is 116 Å². The Kier molecular flexibility index (Phi) is 5.33. The molecule has 0 aliphatic heterocycles. The van der Waals surface area contributed by atoms with Crippen LogP contribution in [-0.4, -0.2) is 50.9 Å². The molecule has 0 heterocycles. The third-order valence-electron chi connectivity index (χ3n) is 2.35. The summed E-state index contributed by atoms with van der Waals surface area (Å²) in [5.74, 6) is 0.700. The molecule has 1 aromatic carbocycles. The van der Waals surface area contributed by atoms with Gasteiger partial charge in [0.1, 0.15) is 0 Å². The minimum atomic E-state index is -3.43. The Hall–Kier alpha value is -1.12. The quantitative estimate of drug-likeness (QED) is 0.451. The van der Waals surface area contributed by atoms with Crippen LogP contribution in [0.2, 0.25) is 0 Å². The molecule has 0 saturated heterocycles. The lowest BCUT2D eigenvalue weighted by Crippen LogP contribution is -2.14. The molecule has 0 aliphatic rings. The summed E-state index contributed by atoms with van der Waals surface area (Å²) in [6, 6.07) is 4.02. The van der Waals surface area contributed by atoms with E-state index in [-0.39, 0.29) is 10.6 Å². The SMILES string of the molecule is CN(C)CCSc1ccc(S(C)(=O)=O)cc1[N+](=O)[O-]. The number of nitro groups is 1. The van der Waals surface area contributed by atoms with Crippen molar-refractivity contribution < 1.29 is 13.3 Å². The Morgan fingerprint density at radius 3 is 2.47 bits per heavy atom. The van der Waals surface area contributed by atoms with Gasteiger partial charge in [0.05, 0.1) is 14.7 Å². The van der Waals surface area contributed by atoms with E-state index in [0.717, 1.165) is 18.9 Å². The van der Waals surface area contributed by atoms with E-state index < -0.39 is 14.8 Å². The first-order valence-corrected chi connectivity index (χ1v) is 8.35. The Balaban J connectivity index is 3.02. The molecule has 1 rings (SSSR count). The van der Waals surface area contributed by atoms with Gasteiger partial charge in [0.2, 0.25) is 0 Å². The lowest BCUT2D eigenvalue weighted by molar-refractivity contribution is -0.388. The van der Waals surface area contributed by atoms with E-state index >= 15 is 0 Å². The molecule has 0 saturated carbocycles. The van der Waals surface area contributed by atoms with Crippen molar-refractivity contribution in [3.05, 3.63) is 28.3 Å². The van der Waals surface area contributed by atoms with Gasteiger partial charge in [-0.15, -0.1) is 11.8 Å². The molecule has 0 fully saturated rings. The Bertz CT molecular complexity index is 570. The molecule has 0 aliphatic carbocycles. The lowest BCUT2D eigenvalue weighted by Gasteiger charge is -2.09. The summed E-state index contributed by atoms with van der Waals surface area (Å²) < 4.78 is 22.8. The van der Waals surface area contributed by atoms with Gasteiger partial charge in [-0.1, -0.05) is 0 Å². The van der Waals surface area contributed by atoms with Crippen molar-refractivity contribution in [3.63, 3.8) is 0 Å². The van der Waals surface area contributed by atoms with Crippen LogP contribution in [0.5, 0.6) is 0 Å². The van der Waals surface area contributed by atoms with Gasteiger partial charge < -0.3 is 4.90 Å². The van der Waals surface area contributed by atoms with Crippen molar-refractivity contribution in [1.82, 2.24) is 4.90 Å². The first-order chi connectivity index (χ1) is 8.71. The Morgan fingerprint density at radius 2 is 2.00 bits per heavy atom. The highest BCUT2D eigenvalue weighted by atomic mass is 32.2. The second-order valence-corrected chi connectivity index (χ2v) is 7.46. The number of nitro benzene ring substituents is 1. The molecule has 0 N–H and O–H groups in total. The van der Waals surface area contributed by atoms with E-state index in [1.165, 1.54) is 23.9 Å². The molecule has 0 aromatic heterocycles. The highest BCUT2D eigenvalue weighted by Crippen LogP contribution is 2.31. The van der Waals surface area contributed by atoms with E-state index in [9.17, 15) is 18.5 Å². The smallest absolute Gasteiger partial charge is 0.284 e. The molecule has 0 atom stereocenters. The van der Waals surface area contributed by atoms with E-state index in [1.54, 1.807) is 0 Å². The number of sulfone groups is 1. The summed E-state index contributed by atoms with van der Waals surface area (Å²) in [5.41, 5.74) is -0.160. The summed E-state index contributed by atoms with van der Waals surface area (Å²) in [6.45, 7) is 0.787. The summed E-state index contributed by atoms with van der Waals surface area (Å²) in [7, 11) is 0.405. The molecule has 0 amide bonds. The predicted molar refractivity (Wildman–Crippen MR) is 75.5 cm³/mol. The van der Waals surface area contributed by atoms with E-state index in [0.29, 0.717) is 10.6 Å². The summed E-state index contributed by atoms with van der Waals surface area (Å²) in [4.78, 5) is 12.9. The van der Waals surface area contributed by atoms with Gasteiger partial charge >= 0.3 is 0 Å². The molecule has 0 radical (unpaired) electrons. The van der Waals surface area contributed by atoms with Gasteiger partial charge in [-0.25, -0.2) is 8.42 Å². The maximum atomic E-state index is 11.4. The van der Waals surface area contributed by atoms with Crippen molar-refractivity contribution in [2.24, 2.45) is 0 Å². The number of hydrogen-bond acceptors (Lipinski definition) is 6. The predicted octanol–water partition coefficient (Wildman–Crippen LogP) is 1.65. The number of thioether (sulfide) groups is 1. The number of benzene rings is 1. The highest BCUT2D eigenvalue weighted by Gasteiger charge is 2.18. The zero-order valence-electron chi connectivity index (χ0n) is 11.0. The minimum Gasteiger partial charge on any atom is -0.309 e. The van der Waals surface area contributed by atoms with E-state index in [1.807, 2.05) is 19.0 Å². The zero-order valence-corrected chi connectivity index (χ0v) is 12.6. The van der Waals surface area contributed by atoms with Crippen LogP contribution in [0.4, 0.5) is 5.69 Å². The summed E-state index contributed by atoms with van der Waals surface area (Å²) in [5, 5.41) is 11.0. The number of rotatable bonds is 6. The first kappa shape index (κ1) is 15.9. The Morgan fingerprint density at radius 1 is 1.37 bits per heavy atom. The van der Waals surface area contributed by atoms with Gasteiger partial charge in [0.15, 0.2) is 9.84 Å². The fourth-order valence-corrected chi connectivity index (χ4v) is 3.09. The molecular formula is C11H16N2O4S2. The van der Waals surface area contributed by atoms with Crippen LogP contribution in [-0.2, 0) is 9.84 Å². The third-order valence-corrected chi connectivity index (χ3v) is 4.50. The number of hydrogen-bond donors (Lipinski definition) is 0. The zero-order chi connectivity index (χ0) is 14.6. The highest BCUT2D eigenvalue weighted by molar-refractivity contribution is 7.99. The second-order valence-electron chi connectivity index (χ2n) is 4.31. The van der Waals surface area contributed by atoms with Crippen LogP contribution in [0.15, 0.2) is 28.0 Å². The monoisotopic (exact) mass is 304 g/mol. The lowest BCUT2D eigenvalue weighted by atomic mass is 10.3. The number of nitrogens with zero attached hydrogens (tertiary/aromatic N) is 2. The van der Waals surface area contributed by atoms with Crippen LogP contribution in [0.25, 0.3) is 0 Å². The van der Waals surface area contributed by atoms with E-state index in [2.05, 4.69) is 0 Å². The molecule has 8 heteroatoms. The van der Waals surface area contributed by atoms with Crippen molar-refractivity contribution in [2.75, 3.05) is 32.6 Å². The van der Waals surface area contributed by atoms with Crippen molar-refractivity contribution in [2.45, 2.75) is 9.79 Å². The van der Waals surface area contributed by atoms with Gasteiger partial charge in [0, 0.05) is 24.6 Å². The van der Waals surface area contributed by atoms with Crippen LogP contribution < -0.4 is 0 Å². The third kappa shape index (κ3) is 4.81. The normalized spacial score (nSPS) is 11.8. The maximum Gasteiger partial charge on any atom is 0.284 e. The molecule has 0 unspecified atom stereocenters. The molecule has 106 valence electrons. The first-order valence-electron chi connectivity index (χ1n) is 5.48. The molecular weight excluding hydrogens is 288 g/mol. The molecule has 6 nitrogen and oxygen atoms in total. The molecule has 0 spiro atoms. The fourth-order valence-electron chi connectivity index (χ4n) is 1.33. The van der Waals surface area contributed by atoms with Crippen LogP contribution in [0.1, 0.15) is 0 Å². The molecule has 0 bridgehead atoms. The van der Waals surface area contributed by atoms with E-state index in [4.69, 9.17) is 0 Å². The standard InChI is InChI=1S/C11H16N2O4S2/c1-12(2)6-7-18-11-5-4-9(19(3,16)17)8-10(11)13(14)15/h4-5,8H,6-7H2,1-3H3. The summed E-state index contributed by atoms with van der Waals surface area (Å²) >= 11 is 1.34. The van der Waals surface area contributed by atoms with Crippen molar-refractivity contribution >= 4 is 27.3 Å². The topological polar surface area (TPSA) is 80.5 Å². The average molecular weight is 304 g/mol. The molecule has 19 heavy (non-hydrogen) atoms. The van der Waals surface area contributed by atoms with Gasteiger partial charge in [-0.3, -0.25) is 10.1 Å². The largest absolute Gasteiger partial charge is 0.309 e. The van der Waals surface area contributed by atoms with Crippen molar-refractivity contribution in [3.8, 4) is 0 Å². The maximum absolute atomic E-state index is 11.4. The molecule has 1 aromatic rings. The van der Waals surface area contributed by atoms with Crippen LogP contribution in [0.3, 0.4) is 0 Å². The van der Waals surface area contributed by atoms with Crippen molar-refractivity contribution in [1.29, 1.82) is 0 Å². The van der Waals surface area contributed by atoms with Gasteiger partial charge in [-0.2, -0.15) is 0 Å². The van der Waals surface area contributed by atoms with Crippen LogP contribution in [0, 0.1) is 10.1 Å². The summed E-state index contributed by atoms with van der Waals surface area (Å²) in [6.07, 6.45) is 1.03. The average Bonchev–Trinajstić information content (AvgIpc) is 2.27. The van der Waals surface area contributed by atoms with Gasteiger partial charge in [-0.05, 0) is 26.2 Å².